The van der Waals surface area contributed by atoms with Crippen LogP contribution in [-0.2, 0) is 0 Å². The zero-order chi connectivity index (χ0) is 14.8. The van der Waals surface area contributed by atoms with E-state index >= 15 is 0 Å². The van der Waals surface area contributed by atoms with Crippen molar-refractivity contribution in [3.8, 4) is 0 Å². The van der Waals surface area contributed by atoms with Gasteiger partial charge in [0.15, 0.2) is 6.34 Å². The van der Waals surface area contributed by atoms with Gasteiger partial charge in [-0.3, -0.25) is 0 Å². The summed E-state index contributed by atoms with van der Waals surface area (Å²) < 4.78 is 0.983. The summed E-state index contributed by atoms with van der Waals surface area (Å²) in [6, 6.07) is 0.603. The maximum absolute atomic E-state index is 4.47. The van der Waals surface area contributed by atoms with E-state index in [1.807, 2.05) is 0 Å². The summed E-state index contributed by atoms with van der Waals surface area (Å²) >= 11 is 0. The molecule has 1 aliphatic rings. The number of hydrogen-bond acceptors (Lipinski definition) is 1. The van der Waals surface area contributed by atoms with E-state index in [1.165, 1.54) is 57.1 Å². The average Bonchev–Trinajstić information content (AvgIpc) is 2.92. The second kappa shape index (κ2) is 9.33. The minimum Gasteiger partial charge on any atom is -0.250 e. The van der Waals surface area contributed by atoms with Crippen LogP contribution < -0.4 is 0 Å². The van der Waals surface area contributed by atoms with Gasteiger partial charge >= 0.3 is 0 Å². The third-order valence-electron chi connectivity index (χ3n) is 4.71. The number of allylic oxidation sites excluding steroid dienone is 2. The van der Waals surface area contributed by atoms with Crippen molar-refractivity contribution >= 4 is 6.34 Å². The lowest BCUT2D eigenvalue weighted by molar-refractivity contribution is -0.812. The first-order valence-corrected chi connectivity index (χ1v) is 8.69. The summed E-state index contributed by atoms with van der Waals surface area (Å²) in [5, 5.41) is 0. The Hall–Kier alpha value is -0.630. The van der Waals surface area contributed by atoms with Crippen LogP contribution in [-0.4, -0.2) is 30.0 Å². The van der Waals surface area contributed by atoms with Crippen molar-refractivity contribution in [3.63, 3.8) is 0 Å². The first-order valence-electron chi connectivity index (χ1n) is 8.69. The molecule has 0 saturated heterocycles. The molecule has 116 valence electrons. The Morgan fingerprint density at radius 1 is 1.15 bits per heavy atom. The molecule has 0 spiro atoms. The lowest BCUT2D eigenvalue weighted by Crippen LogP contribution is -2.49. The van der Waals surface area contributed by atoms with Gasteiger partial charge in [-0.05, 0) is 32.8 Å². The fourth-order valence-electron chi connectivity index (χ4n) is 3.13. The van der Waals surface area contributed by atoms with E-state index in [0.717, 1.165) is 17.6 Å². The molecule has 0 radical (unpaired) electrons. The van der Waals surface area contributed by atoms with Gasteiger partial charge in [0.1, 0.15) is 12.2 Å². The van der Waals surface area contributed by atoms with Gasteiger partial charge in [0.05, 0.1) is 12.6 Å². The van der Waals surface area contributed by atoms with E-state index in [0.29, 0.717) is 6.04 Å². The number of nitrogens with zero attached hydrogens (tertiary/aromatic N) is 2. The second-order valence-corrected chi connectivity index (χ2v) is 6.53. The Balaban J connectivity index is 2.26. The third kappa shape index (κ3) is 5.05. The molecule has 0 aromatic rings. The van der Waals surface area contributed by atoms with Gasteiger partial charge in [-0.1, -0.05) is 45.4 Å². The average molecular weight is 279 g/mol. The van der Waals surface area contributed by atoms with Crippen molar-refractivity contribution in [1.82, 2.24) is 0 Å². The van der Waals surface area contributed by atoms with Crippen LogP contribution in [0.15, 0.2) is 16.8 Å². The van der Waals surface area contributed by atoms with Gasteiger partial charge in [0.2, 0.25) is 0 Å². The summed E-state index contributed by atoms with van der Waals surface area (Å²) in [4.78, 5) is 4.47. The number of unbranched alkanes of at least 4 members (excludes halogenated alkanes) is 7. The van der Waals surface area contributed by atoms with Crippen LogP contribution in [0.2, 0.25) is 0 Å². The first-order chi connectivity index (χ1) is 9.63. The first kappa shape index (κ1) is 17.4. The molecule has 0 amide bonds. The Labute approximate surface area is 126 Å². The Morgan fingerprint density at radius 3 is 2.35 bits per heavy atom. The summed E-state index contributed by atoms with van der Waals surface area (Å²) in [6.45, 7) is 11.3. The van der Waals surface area contributed by atoms with Crippen LogP contribution in [0.3, 0.4) is 0 Å². The van der Waals surface area contributed by atoms with Crippen LogP contribution in [0.5, 0.6) is 0 Å². The molecule has 1 rings (SSSR count). The van der Waals surface area contributed by atoms with Crippen molar-refractivity contribution in [2.75, 3.05) is 13.1 Å². The van der Waals surface area contributed by atoms with E-state index in [2.05, 4.69) is 45.1 Å². The summed E-state index contributed by atoms with van der Waals surface area (Å²) in [6.07, 6.45) is 15.6. The molecule has 2 heteroatoms. The van der Waals surface area contributed by atoms with Gasteiger partial charge in [-0.25, -0.2) is 9.48 Å². The van der Waals surface area contributed by atoms with Crippen LogP contribution in [0.1, 0.15) is 79.1 Å². The van der Waals surface area contributed by atoms with Crippen molar-refractivity contribution in [3.05, 3.63) is 11.8 Å². The van der Waals surface area contributed by atoms with E-state index in [1.54, 1.807) is 0 Å². The normalized spacial score (nSPS) is 22.9. The largest absolute Gasteiger partial charge is 0.250 e. The lowest BCUT2D eigenvalue weighted by atomic mass is 10.1. The zero-order valence-corrected chi connectivity index (χ0v) is 14.2. The monoisotopic (exact) mass is 279 g/mol. The maximum atomic E-state index is 4.47. The van der Waals surface area contributed by atoms with E-state index in [4.69, 9.17) is 0 Å². The van der Waals surface area contributed by atoms with Crippen LogP contribution >= 0.6 is 0 Å². The van der Waals surface area contributed by atoms with Gasteiger partial charge in [-0.2, -0.15) is 0 Å². The molecular formula is C18H35N2+. The molecular weight excluding hydrogens is 244 g/mol. The molecule has 0 fully saturated rings. The molecule has 0 aliphatic carbocycles. The fourth-order valence-corrected chi connectivity index (χ4v) is 3.13. The van der Waals surface area contributed by atoms with Gasteiger partial charge in [-0.15, -0.1) is 0 Å². The lowest BCUT2D eigenvalue weighted by Gasteiger charge is -2.34. The number of aliphatic imine (C=N–C) groups is 1. The van der Waals surface area contributed by atoms with Crippen LogP contribution in [0.4, 0.5) is 0 Å². The minimum absolute atomic E-state index is 0.603. The number of rotatable bonds is 10. The summed E-state index contributed by atoms with van der Waals surface area (Å²) in [5.41, 5.74) is 1.49. The smallest absolute Gasteiger partial charge is 0.190 e. The molecule has 1 heterocycles. The van der Waals surface area contributed by atoms with Crippen LogP contribution in [0.25, 0.3) is 0 Å². The van der Waals surface area contributed by atoms with Crippen molar-refractivity contribution in [2.45, 2.75) is 85.1 Å². The quantitative estimate of drug-likeness (QED) is 0.380. The van der Waals surface area contributed by atoms with E-state index in [-0.39, 0.29) is 0 Å². The van der Waals surface area contributed by atoms with Gasteiger partial charge in [0.25, 0.3) is 0 Å². The third-order valence-corrected chi connectivity index (χ3v) is 4.71. The SMILES string of the molecule is CCCCCCCCCC=C(C)[N+]1(C(C)C)C=NCC1. The molecule has 0 aromatic heterocycles. The predicted molar refractivity (Wildman–Crippen MR) is 90.0 cm³/mol. The maximum Gasteiger partial charge on any atom is 0.190 e. The zero-order valence-electron chi connectivity index (χ0n) is 14.2. The van der Waals surface area contributed by atoms with Crippen molar-refractivity contribution in [1.29, 1.82) is 0 Å². The number of quaternary nitrogens is 1. The standard InChI is InChI=1S/C18H35N2/c1-5-6-7-8-9-10-11-12-13-18(4)20(17(2)3)15-14-19-16-20/h13,16-17H,5-12,14-15H2,1-4H3/q+1. The molecule has 0 N–H and O–H groups in total. The highest BCUT2D eigenvalue weighted by Crippen LogP contribution is 2.24. The van der Waals surface area contributed by atoms with E-state index < -0.39 is 0 Å². The predicted octanol–water partition coefficient (Wildman–Crippen LogP) is 5.30. The van der Waals surface area contributed by atoms with Crippen molar-refractivity contribution < 1.29 is 4.48 Å². The Kier molecular flexibility index (Phi) is 8.13. The van der Waals surface area contributed by atoms with Crippen LogP contribution in [0, 0.1) is 0 Å². The highest BCUT2D eigenvalue weighted by molar-refractivity contribution is 5.50. The highest BCUT2D eigenvalue weighted by Gasteiger charge is 2.34. The molecule has 1 aliphatic heterocycles. The van der Waals surface area contributed by atoms with Gasteiger partial charge < -0.3 is 0 Å². The van der Waals surface area contributed by atoms with E-state index in [9.17, 15) is 0 Å². The second-order valence-electron chi connectivity index (χ2n) is 6.53. The molecule has 0 bridgehead atoms. The number of hydrogen-bond donors (Lipinski definition) is 0. The summed E-state index contributed by atoms with van der Waals surface area (Å²) in [7, 11) is 0. The highest BCUT2D eigenvalue weighted by atomic mass is 15.4. The van der Waals surface area contributed by atoms with Crippen molar-refractivity contribution in [2.24, 2.45) is 4.99 Å². The molecule has 1 atom stereocenters. The topological polar surface area (TPSA) is 12.4 Å². The molecule has 2 nitrogen and oxygen atoms in total. The van der Waals surface area contributed by atoms with Gasteiger partial charge in [0, 0.05) is 6.92 Å². The molecule has 0 saturated carbocycles. The molecule has 0 aromatic carbocycles. The summed E-state index contributed by atoms with van der Waals surface area (Å²) in [5.74, 6) is 0. The Morgan fingerprint density at radius 2 is 1.80 bits per heavy atom. The minimum atomic E-state index is 0.603. The fraction of sp³-hybridized carbons (Fsp3) is 0.833. The Bertz CT molecular complexity index is 317. The molecule has 1 unspecified atom stereocenters. The molecule has 20 heavy (non-hydrogen) atoms.